The van der Waals surface area contributed by atoms with Crippen molar-refractivity contribution in [2.24, 2.45) is 0 Å². The summed E-state index contributed by atoms with van der Waals surface area (Å²) in [6, 6.07) is 11.7. The number of ether oxygens (including phenoxy) is 2. The van der Waals surface area contributed by atoms with Crippen LogP contribution in [0, 0.1) is 5.82 Å². The first-order chi connectivity index (χ1) is 13.8. The predicted octanol–water partition coefficient (Wildman–Crippen LogP) is 2.64. The average Bonchev–Trinajstić information content (AvgIpc) is 2.67. The van der Waals surface area contributed by atoms with Crippen LogP contribution in [0.3, 0.4) is 0 Å². The number of hydrogen-bond donors (Lipinski definition) is 1. The molecule has 2 aromatic carbocycles. The zero-order valence-electron chi connectivity index (χ0n) is 16.2. The van der Waals surface area contributed by atoms with Crippen molar-refractivity contribution in [1.29, 1.82) is 0 Å². The molecule has 1 aliphatic heterocycles. The summed E-state index contributed by atoms with van der Waals surface area (Å²) in [7, 11) is -3.65. The van der Waals surface area contributed by atoms with E-state index in [1.165, 1.54) is 46.8 Å². The van der Waals surface area contributed by atoms with Crippen molar-refractivity contribution in [3.8, 4) is 5.75 Å². The molecule has 0 aliphatic carbocycles. The highest BCUT2D eigenvalue weighted by Crippen LogP contribution is 2.22. The second kappa shape index (κ2) is 8.89. The number of nitrogens with zero attached hydrogens (tertiary/aromatic N) is 1. The van der Waals surface area contributed by atoms with Crippen molar-refractivity contribution in [3.05, 3.63) is 54.3 Å². The lowest BCUT2D eigenvalue weighted by Gasteiger charge is -2.34. The van der Waals surface area contributed by atoms with E-state index < -0.39 is 21.7 Å². The van der Waals surface area contributed by atoms with Gasteiger partial charge in [-0.05, 0) is 50.2 Å². The normalized spacial score (nSPS) is 20.2. The first-order valence-electron chi connectivity index (χ1n) is 9.18. The van der Waals surface area contributed by atoms with E-state index in [9.17, 15) is 17.6 Å². The van der Waals surface area contributed by atoms with Gasteiger partial charge in [0.05, 0.1) is 17.1 Å². The fraction of sp³-hybridized carbons (Fsp3) is 0.350. The van der Waals surface area contributed by atoms with Crippen molar-refractivity contribution in [3.63, 3.8) is 0 Å². The third-order valence-electron chi connectivity index (χ3n) is 4.36. The van der Waals surface area contributed by atoms with Gasteiger partial charge in [-0.15, -0.1) is 0 Å². The third-order valence-corrected chi connectivity index (χ3v) is 6.20. The fourth-order valence-corrected chi connectivity index (χ4v) is 4.68. The molecule has 1 saturated heterocycles. The first kappa shape index (κ1) is 21.2. The monoisotopic (exact) mass is 422 g/mol. The van der Waals surface area contributed by atoms with Gasteiger partial charge in [0.1, 0.15) is 0 Å². The van der Waals surface area contributed by atoms with E-state index >= 15 is 0 Å². The quantitative estimate of drug-likeness (QED) is 0.774. The summed E-state index contributed by atoms with van der Waals surface area (Å²) in [4.78, 5) is 12.1. The van der Waals surface area contributed by atoms with Crippen LogP contribution in [0.25, 0.3) is 0 Å². The van der Waals surface area contributed by atoms with Gasteiger partial charge >= 0.3 is 0 Å². The van der Waals surface area contributed by atoms with Gasteiger partial charge in [-0.1, -0.05) is 12.1 Å². The summed E-state index contributed by atoms with van der Waals surface area (Å²) < 4.78 is 51.3. The van der Waals surface area contributed by atoms with E-state index in [1.807, 2.05) is 13.8 Å². The van der Waals surface area contributed by atoms with Gasteiger partial charge in [-0.25, -0.2) is 12.8 Å². The molecule has 0 saturated carbocycles. The number of sulfonamides is 1. The lowest BCUT2D eigenvalue weighted by molar-refractivity contribution is -0.118. The standard InChI is InChI=1S/C20H23FN2O5S/c1-14-11-23(12-15(2)28-14)29(25,26)17-9-7-16(8-10-17)22-20(24)13-27-19-6-4-3-5-18(19)21/h3-10,14-15H,11-13H2,1-2H3,(H,22,24). The van der Waals surface area contributed by atoms with Crippen molar-refractivity contribution >= 4 is 21.6 Å². The van der Waals surface area contributed by atoms with Gasteiger partial charge in [-0.2, -0.15) is 4.31 Å². The lowest BCUT2D eigenvalue weighted by Crippen LogP contribution is -2.48. The minimum Gasteiger partial charge on any atom is -0.481 e. The molecule has 2 aromatic rings. The Kier molecular flexibility index (Phi) is 6.51. The molecule has 0 radical (unpaired) electrons. The van der Waals surface area contributed by atoms with E-state index in [4.69, 9.17) is 9.47 Å². The summed E-state index contributed by atoms with van der Waals surface area (Å²) in [6.07, 6.45) is -0.358. The topological polar surface area (TPSA) is 84.9 Å². The summed E-state index contributed by atoms with van der Waals surface area (Å²) in [5.74, 6) is -1.06. The summed E-state index contributed by atoms with van der Waals surface area (Å²) in [6.45, 7) is 3.88. The molecular weight excluding hydrogens is 399 g/mol. The number of rotatable bonds is 6. The number of halogens is 1. The summed E-state index contributed by atoms with van der Waals surface area (Å²) in [5, 5.41) is 2.59. The fourth-order valence-electron chi connectivity index (χ4n) is 3.09. The Morgan fingerprint density at radius 2 is 1.76 bits per heavy atom. The Balaban J connectivity index is 1.61. The molecule has 156 valence electrons. The van der Waals surface area contributed by atoms with Gasteiger partial charge in [0.2, 0.25) is 10.0 Å². The van der Waals surface area contributed by atoms with E-state index in [0.29, 0.717) is 18.8 Å². The van der Waals surface area contributed by atoms with E-state index in [1.54, 1.807) is 6.07 Å². The van der Waals surface area contributed by atoms with Crippen LogP contribution in [0.15, 0.2) is 53.4 Å². The zero-order chi connectivity index (χ0) is 21.0. The Morgan fingerprint density at radius 3 is 2.38 bits per heavy atom. The summed E-state index contributed by atoms with van der Waals surface area (Å²) in [5.41, 5.74) is 0.412. The number of benzene rings is 2. The molecule has 0 spiro atoms. The second-order valence-corrected chi connectivity index (χ2v) is 8.81. The SMILES string of the molecule is CC1CN(S(=O)(=O)c2ccc(NC(=O)COc3ccccc3F)cc2)CC(C)O1. The molecule has 7 nitrogen and oxygen atoms in total. The van der Waals surface area contributed by atoms with Crippen molar-refractivity contribution < 1.29 is 27.1 Å². The van der Waals surface area contributed by atoms with Gasteiger partial charge in [0, 0.05) is 18.8 Å². The number of nitrogens with one attached hydrogen (secondary N) is 1. The Bertz CT molecular complexity index is 955. The molecule has 0 bridgehead atoms. The number of carbonyl (C=O) groups excluding carboxylic acids is 1. The highest BCUT2D eigenvalue weighted by atomic mass is 32.2. The van der Waals surface area contributed by atoms with Gasteiger partial charge in [0.15, 0.2) is 18.2 Å². The maximum Gasteiger partial charge on any atom is 0.262 e. The Labute approximate surface area is 169 Å². The highest BCUT2D eigenvalue weighted by Gasteiger charge is 2.32. The van der Waals surface area contributed by atoms with Crippen molar-refractivity contribution in [2.75, 3.05) is 25.0 Å². The molecule has 1 amide bonds. The van der Waals surface area contributed by atoms with Gasteiger partial charge < -0.3 is 14.8 Å². The number of morpholine rings is 1. The van der Waals surface area contributed by atoms with Crippen LogP contribution in [-0.4, -0.2) is 50.5 Å². The maximum absolute atomic E-state index is 13.5. The number of hydrogen-bond acceptors (Lipinski definition) is 5. The maximum atomic E-state index is 13.5. The number of para-hydroxylation sites is 1. The van der Waals surface area contributed by atoms with Crippen molar-refractivity contribution in [2.45, 2.75) is 31.0 Å². The van der Waals surface area contributed by atoms with Crippen LogP contribution in [-0.2, 0) is 19.6 Å². The summed E-state index contributed by atoms with van der Waals surface area (Å²) >= 11 is 0. The van der Waals surface area contributed by atoms with Crippen LogP contribution in [0.2, 0.25) is 0 Å². The highest BCUT2D eigenvalue weighted by molar-refractivity contribution is 7.89. The van der Waals surface area contributed by atoms with E-state index in [-0.39, 0.29) is 29.5 Å². The molecule has 2 atom stereocenters. The predicted molar refractivity (Wildman–Crippen MR) is 106 cm³/mol. The minimum absolute atomic E-state index is 0.0157. The van der Waals surface area contributed by atoms with Crippen molar-refractivity contribution in [1.82, 2.24) is 4.31 Å². The average molecular weight is 422 g/mol. The number of anilines is 1. The second-order valence-electron chi connectivity index (χ2n) is 6.87. The molecule has 1 heterocycles. The molecule has 3 rings (SSSR count). The largest absolute Gasteiger partial charge is 0.481 e. The minimum atomic E-state index is -3.65. The van der Waals surface area contributed by atoms with Gasteiger partial charge in [-0.3, -0.25) is 4.79 Å². The lowest BCUT2D eigenvalue weighted by atomic mass is 10.3. The van der Waals surface area contributed by atoms with Crippen LogP contribution >= 0.6 is 0 Å². The van der Waals surface area contributed by atoms with Gasteiger partial charge in [0.25, 0.3) is 5.91 Å². The van der Waals surface area contributed by atoms with E-state index in [0.717, 1.165) is 0 Å². The molecule has 29 heavy (non-hydrogen) atoms. The Hall–Kier alpha value is -2.49. The molecular formula is C20H23FN2O5S. The van der Waals surface area contributed by atoms with Crippen LogP contribution in [0.5, 0.6) is 5.75 Å². The molecule has 0 aromatic heterocycles. The zero-order valence-corrected chi connectivity index (χ0v) is 17.0. The molecule has 9 heteroatoms. The van der Waals surface area contributed by atoms with E-state index in [2.05, 4.69) is 5.32 Å². The molecule has 1 N–H and O–H groups in total. The molecule has 1 aliphatic rings. The van der Waals surface area contributed by atoms with Crippen LogP contribution < -0.4 is 10.1 Å². The number of amides is 1. The smallest absolute Gasteiger partial charge is 0.262 e. The Morgan fingerprint density at radius 1 is 1.14 bits per heavy atom. The number of carbonyl (C=O) groups is 1. The van der Waals surface area contributed by atoms with Crippen LogP contribution in [0.4, 0.5) is 10.1 Å². The first-order valence-corrected chi connectivity index (χ1v) is 10.6. The molecule has 2 unspecified atom stereocenters. The van der Waals surface area contributed by atoms with Crippen LogP contribution in [0.1, 0.15) is 13.8 Å². The molecule has 1 fully saturated rings. The third kappa shape index (κ3) is 5.31.